The van der Waals surface area contributed by atoms with Crippen LogP contribution < -0.4 is 0 Å². The van der Waals surface area contributed by atoms with E-state index in [2.05, 4.69) is 36.2 Å². The SMILES string of the molecule is CCCCCCCCCCCCCCCCCCCCCCCCc1cc(CCCCCCCCCCCCCCCCCCCCCCCC)n[c]n1. The Hall–Kier alpha value is -0.920. The quantitative estimate of drug-likeness (QED) is 0.0620. The smallest absolute Gasteiger partial charge is 0.198 e. The van der Waals surface area contributed by atoms with Crippen molar-refractivity contribution >= 4 is 0 Å². The standard InChI is InChI=1S/C52H99N2/c1-3-5-7-9-11-13-15-17-19-21-23-25-27-29-31-33-35-37-39-41-43-45-47-51-49-52(54-50-53-51)48-46-44-42-40-38-36-34-32-30-28-26-24-22-20-18-16-14-12-10-8-6-4-2/h49H,3-48H2,1-2H3. The summed E-state index contributed by atoms with van der Waals surface area (Å²) in [6.45, 7) is 4.62. The van der Waals surface area contributed by atoms with Gasteiger partial charge in [-0.15, -0.1) is 0 Å². The molecule has 1 aromatic rings. The van der Waals surface area contributed by atoms with Crippen LogP contribution in [0, 0.1) is 6.33 Å². The van der Waals surface area contributed by atoms with Gasteiger partial charge in [0.1, 0.15) is 0 Å². The molecule has 0 saturated heterocycles. The topological polar surface area (TPSA) is 25.8 Å². The van der Waals surface area contributed by atoms with E-state index in [1.165, 1.54) is 294 Å². The van der Waals surface area contributed by atoms with Crippen molar-refractivity contribution in [2.45, 2.75) is 309 Å². The third kappa shape index (κ3) is 39.3. The fourth-order valence-corrected chi connectivity index (χ4v) is 8.50. The summed E-state index contributed by atoms with van der Waals surface area (Å²) in [5.41, 5.74) is 2.43. The summed E-state index contributed by atoms with van der Waals surface area (Å²) >= 11 is 0. The van der Waals surface area contributed by atoms with E-state index < -0.39 is 0 Å². The van der Waals surface area contributed by atoms with Gasteiger partial charge >= 0.3 is 0 Å². The first-order chi connectivity index (χ1) is 26.9. The largest absolute Gasteiger partial charge is 0.230 e. The van der Waals surface area contributed by atoms with Crippen LogP contribution in [0.25, 0.3) is 0 Å². The number of unbranched alkanes of at least 4 members (excludes halogenated alkanes) is 42. The lowest BCUT2D eigenvalue weighted by atomic mass is 10.0. The minimum Gasteiger partial charge on any atom is -0.230 e. The summed E-state index contributed by atoms with van der Waals surface area (Å²) < 4.78 is 0. The molecule has 2 heteroatoms. The first-order valence-corrected chi connectivity index (χ1v) is 25.6. The maximum absolute atomic E-state index is 4.47. The zero-order valence-electron chi connectivity index (χ0n) is 37.5. The predicted molar refractivity (Wildman–Crippen MR) is 243 cm³/mol. The van der Waals surface area contributed by atoms with Gasteiger partial charge in [0.05, 0.1) is 0 Å². The Morgan fingerprint density at radius 1 is 0.259 bits per heavy atom. The Morgan fingerprint density at radius 2 is 0.426 bits per heavy atom. The molecule has 0 N–H and O–H groups in total. The molecule has 0 atom stereocenters. The van der Waals surface area contributed by atoms with E-state index >= 15 is 0 Å². The van der Waals surface area contributed by atoms with E-state index in [0.29, 0.717) is 0 Å². The van der Waals surface area contributed by atoms with Gasteiger partial charge in [0.25, 0.3) is 0 Å². The van der Waals surface area contributed by atoms with E-state index in [1.54, 1.807) is 0 Å². The molecule has 0 aliphatic carbocycles. The molecule has 1 rings (SSSR count). The lowest BCUT2D eigenvalue weighted by Gasteiger charge is -2.05. The molecule has 0 unspecified atom stereocenters. The molecule has 317 valence electrons. The number of hydrogen-bond acceptors (Lipinski definition) is 2. The number of hydrogen-bond donors (Lipinski definition) is 0. The Morgan fingerprint density at radius 3 is 0.611 bits per heavy atom. The second kappa shape index (κ2) is 44.8. The second-order valence-corrected chi connectivity index (χ2v) is 17.8. The fraction of sp³-hybridized carbons (Fsp3) is 0.923. The van der Waals surface area contributed by atoms with E-state index in [0.717, 1.165) is 12.8 Å². The van der Waals surface area contributed by atoms with Crippen molar-refractivity contribution in [1.82, 2.24) is 9.97 Å². The van der Waals surface area contributed by atoms with Crippen molar-refractivity contribution in [1.29, 1.82) is 0 Å². The van der Waals surface area contributed by atoms with Crippen LogP contribution >= 0.6 is 0 Å². The number of aromatic nitrogens is 2. The number of rotatable bonds is 46. The molecule has 0 spiro atoms. The third-order valence-corrected chi connectivity index (χ3v) is 12.3. The Balaban J connectivity index is 1.78. The molecule has 2 nitrogen and oxygen atoms in total. The highest BCUT2D eigenvalue weighted by Crippen LogP contribution is 2.18. The van der Waals surface area contributed by atoms with E-state index in [-0.39, 0.29) is 0 Å². The van der Waals surface area contributed by atoms with Gasteiger partial charge in [0.15, 0.2) is 6.33 Å². The lowest BCUT2D eigenvalue weighted by molar-refractivity contribution is 0.518. The zero-order valence-corrected chi connectivity index (χ0v) is 37.5. The van der Waals surface area contributed by atoms with Crippen LogP contribution in [0.4, 0.5) is 0 Å². The highest BCUT2D eigenvalue weighted by molar-refractivity contribution is 5.08. The maximum Gasteiger partial charge on any atom is 0.198 e. The molecule has 1 radical (unpaired) electrons. The van der Waals surface area contributed by atoms with Gasteiger partial charge in [-0.2, -0.15) is 0 Å². The molecule has 0 amide bonds. The molecule has 0 aliphatic rings. The van der Waals surface area contributed by atoms with Gasteiger partial charge in [0.2, 0.25) is 0 Å². The minimum absolute atomic E-state index is 1.10. The average Bonchev–Trinajstić information content (AvgIpc) is 3.19. The van der Waals surface area contributed by atoms with Crippen LogP contribution in [0.15, 0.2) is 6.07 Å². The van der Waals surface area contributed by atoms with Gasteiger partial charge < -0.3 is 0 Å². The van der Waals surface area contributed by atoms with Gasteiger partial charge in [-0.1, -0.05) is 284 Å². The van der Waals surface area contributed by atoms with Crippen molar-refractivity contribution in [3.63, 3.8) is 0 Å². The summed E-state index contributed by atoms with van der Waals surface area (Å²) in [5.74, 6) is 0. The highest BCUT2D eigenvalue weighted by Gasteiger charge is 2.02. The van der Waals surface area contributed by atoms with Crippen LogP contribution in [0.3, 0.4) is 0 Å². The van der Waals surface area contributed by atoms with E-state index in [9.17, 15) is 0 Å². The molecular weight excluding hydrogens is 653 g/mol. The molecule has 0 bridgehead atoms. The zero-order chi connectivity index (χ0) is 38.5. The summed E-state index contributed by atoms with van der Waals surface area (Å²) in [4.78, 5) is 8.93. The van der Waals surface area contributed by atoms with Gasteiger partial charge in [-0.3, -0.25) is 0 Å². The molecule has 1 heterocycles. The Labute approximate surface area is 341 Å². The minimum atomic E-state index is 1.10. The molecule has 0 saturated carbocycles. The summed E-state index contributed by atoms with van der Waals surface area (Å²) in [5, 5.41) is 0. The summed E-state index contributed by atoms with van der Waals surface area (Å²) in [6.07, 6.45) is 68.6. The maximum atomic E-state index is 4.47. The summed E-state index contributed by atoms with van der Waals surface area (Å²) in [6, 6.07) is 2.27. The van der Waals surface area contributed by atoms with Crippen molar-refractivity contribution in [3.8, 4) is 0 Å². The van der Waals surface area contributed by atoms with E-state index in [1.807, 2.05) is 0 Å². The Bertz CT molecular complexity index is 757. The van der Waals surface area contributed by atoms with E-state index in [4.69, 9.17) is 0 Å². The number of nitrogens with zero attached hydrogens (tertiary/aromatic N) is 2. The van der Waals surface area contributed by atoms with Crippen LogP contribution in [-0.2, 0) is 12.8 Å². The Kier molecular flexibility index (Phi) is 42.4. The first kappa shape index (κ1) is 51.1. The van der Waals surface area contributed by atoms with Crippen LogP contribution in [0.2, 0.25) is 0 Å². The predicted octanol–water partition coefficient (Wildman–Crippen LogP) is 18.6. The molecule has 54 heavy (non-hydrogen) atoms. The van der Waals surface area contributed by atoms with Crippen molar-refractivity contribution < 1.29 is 0 Å². The van der Waals surface area contributed by atoms with Crippen molar-refractivity contribution in [2.24, 2.45) is 0 Å². The second-order valence-electron chi connectivity index (χ2n) is 17.8. The fourth-order valence-electron chi connectivity index (χ4n) is 8.50. The van der Waals surface area contributed by atoms with Gasteiger partial charge in [0, 0.05) is 11.4 Å². The van der Waals surface area contributed by atoms with Gasteiger partial charge in [-0.05, 0) is 31.7 Å². The van der Waals surface area contributed by atoms with Gasteiger partial charge in [-0.25, -0.2) is 9.97 Å². The normalized spacial score (nSPS) is 11.6. The summed E-state index contributed by atoms with van der Waals surface area (Å²) in [7, 11) is 0. The van der Waals surface area contributed by atoms with Crippen molar-refractivity contribution in [3.05, 3.63) is 23.8 Å². The highest BCUT2D eigenvalue weighted by atomic mass is 14.8. The molecular formula is C52H99N2. The van der Waals surface area contributed by atoms with Crippen LogP contribution in [-0.4, -0.2) is 9.97 Å². The first-order valence-electron chi connectivity index (χ1n) is 25.6. The van der Waals surface area contributed by atoms with Crippen LogP contribution in [0.5, 0.6) is 0 Å². The monoisotopic (exact) mass is 752 g/mol. The molecule has 0 fully saturated rings. The average molecular weight is 752 g/mol. The molecule has 0 aliphatic heterocycles. The molecule has 1 aromatic heterocycles. The van der Waals surface area contributed by atoms with Crippen LogP contribution in [0.1, 0.15) is 308 Å². The number of aryl methyl sites for hydroxylation is 2. The van der Waals surface area contributed by atoms with Crippen molar-refractivity contribution in [2.75, 3.05) is 0 Å². The third-order valence-electron chi connectivity index (χ3n) is 12.3. The molecule has 0 aromatic carbocycles. The lowest BCUT2D eigenvalue weighted by Crippen LogP contribution is -1.97.